The van der Waals surface area contributed by atoms with Crippen molar-refractivity contribution in [2.24, 2.45) is 5.92 Å². The molecule has 0 aliphatic rings. The molecule has 0 saturated carbocycles. The fraction of sp³-hybridized carbons (Fsp3) is 0.636. The maximum atomic E-state index is 12.1. The van der Waals surface area contributed by atoms with Gasteiger partial charge in [0, 0.05) is 12.1 Å². The summed E-state index contributed by atoms with van der Waals surface area (Å²) in [6, 6.07) is 1.70. The van der Waals surface area contributed by atoms with E-state index in [4.69, 9.17) is 12.2 Å². The van der Waals surface area contributed by atoms with E-state index in [-0.39, 0.29) is 6.42 Å². The van der Waals surface area contributed by atoms with Crippen LogP contribution in [0.25, 0.3) is 0 Å². The van der Waals surface area contributed by atoms with E-state index in [2.05, 4.69) is 9.97 Å². The molecule has 0 bridgehead atoms. The molecule has 1 rings (SSSR count). The molecule has 0 atom stereocenters. The van der Waals surface area contributed by atoms with Gasteiger partial charge in [-0.05, 0) is 18.4 Å². The number of nitrogens with zero attached hydrogens (tertiary/aromatic N) is 1. The van der Waals surface area contributed by atoms with Crippen LogP contribution in [0, 0.1) is 10.6 Å². The van der Waals surface area contributed by atoms with Crippen LogP contribution in [-0.2, 0) is 12.8 Å². The molecule has 0 unspecified atom stereocenters. The predicted octanol–water partition coefficient (Wildman–Crippen LogP) is 3.83. The van der Waals surface area contributed by atoms with Gasteiger partial charge in [0.15, 0.2) is 0 Å². The maximum Gasteiger partial charge on any atom is 0.389 e. The van der Waals surface area contributed by atoms with E-state index in [1.807, 2.05) is 13.8 Å². The Hall–Kier alpha value is -0.910. The van der Waals surface area contributed by atoms with Crippen LogP contribution in [0.5, 0.6) is 0 Å². The van der Waals surface area contributed by atoms with Crippen LogP contribution in [0.15, 0.2) is 6.07 Å². The third-order valence-corrected chi connectivity index (χ3v) is 2.33. The summed E-state index contributed by atoms with van der Waals surface area (Å²) in [6.07, 6.45) is -4.44. The van der Waals surface area contributed by atoms with E-state index < -0.39 is 12.6 Å². The lowest BCUT2D eigenvalue weighted by atomic mass is 10.1. The van der Waals surface area contributed by atoms with Crippen molar-refractivity contribution in [3.8, 4) is 0 Å². The smallest absolute Gasteiger partial charge is 0.347 e. The van der Waals surface area contributed by atoms with Crippen LogP contribution in [0.4, 0.5) is 13.2 Å². The minimum atomic E-state index is -4.16. The molecule has 1 heterocycles. The Morgan fingerprint density at radius 3 is 2.59 bits per heavy atom. The summed E-state index contributed by atoms with van der Waals surface area (Å²) < 4.78 is 36.6. The van der Waals surface area contributed by atoms with E-state index in [1.165, 1.54) is 0 Å². The molecule has 0 radical (unpaired) electrons. The number of alkyl halides is 3. The first-order chi connectivity index (χ1) is 7.76. The molecule has 0 aliphatic heterocycles. The largest absolute Gasteiger partial charge is 0.389 e. The predicted molar refractivity (Wildman–Crippen MR) is 62.3 cm³/mol. The highest BCUT2D eigenvalue weighted by molar-refractivity contribution is 7.71. The molecule has 96 valence electrons. The monoisotopic (exact) mass is 264 g/mol. The fourth-order valence-electron chi connectivity index (χ4n) is 1.49. The van der Waals surface area contributed by atoms with Crippen molar-refractivity contribution in [1.29, 1.82) is 0 Å². The van der Waals surface area contributed by atoms with Crippen LogP contribution < -0.4 is 0 Å². The number of rotatable bonds is 4. The summed E-state index contributed by atoms with van der Waals surface area (Å²) in [7, 11) is 0. The zero-order valence-corrected chi connectivity index (χ0v) is 10.6. The van der Waals surface area contributed by atoms with Gasteiger partial charge >= 0.3 is 6.18 Å². The van der Waals surface area contributed by atoms with Gasteiger partial charge in [-0.3, -0.25) is 0 Å². The zero-order valence-electron chi connectivity index (χ0n) is 9.77. The summed E-state index contributed by atoms with van der Waals surface area (Å²) in [6.45, 7) is 4.07. The van der Waals surface area contributed by atoms with Gasteiger partial charge in [0.25, 0.3) is 0 Å². The second kappa shape index (κ2) is 5.62. The molecule has 0 aromatic carbocycles. The number of aromatic amines is 1. The van der Waals surface area contributed by atoms with Gasteiger partial charge in [0.2, 0.25) is 0 Å². The second-order valence-electron chi connectivity index (χ2n) is 4.40. The lowest BCUT2D eigenvalue weighted by molar-refractivity contribution is -0.134. The molecule has 0 aliphatic carbocycles. The first-order valence-corrected chi connectivity index (χ1v) is 5.83. The van der Waals surface area contributed by atoms with Gasteiger partial charge < -0.3 is 4.98 Å². The van der Waals surface area contributed by atoms with Gasteiger partial charge in [-0.2, -0.15) is 13.2 Å². The fourth-order valence-corrected chi connectivity index (χ4v) is 1.74. The first kappa shape index (κ1) is 14.2. The topological polar surface area (TPSA) is 28.7 Å². The van der Waals surface area contributed by atoms with E-state index >= 15 is 0 Å². The summed E-state index contributed by atoms with van der Waals surface area (Å²) in [4.78, 5) is 6.81. The van der Waals surface area contributed by atoms with Gasteiger partial charge in [0.05, 0.1) is 6.42 Å². The lowest BCUT2D eigenvalue weighted by Gasteiger charge is -2.09. The molecule has 0 fully saturated rings. The minimum absolute atomic E-state index is 0.154. The standard InChI is InChI=1S/C11H15F3N2S/c1-7(2)5-8-6-10(17)16-9(15-8)3-4-11(12,13)14/h6-7H,3-5H2,1-2H3,(H,15,16,17). The SMILES string of the molecule is CC(C)Cc1cc(=S)nc(CCC(F)(F)F)[nH]1. The third-order valence-electron chi connectivity index (χ3n) is 2.12. The van der Waals surface area contributed by atoms with Crippen molar-refractivity contribution in [3.63, 3.8) is 0 Å². The quantitative estimate of drug-likeness (QED) is 0.837. The Morgan fingerprint density at radius 2 is 2.06 bits per heavy atom. The van der Waals surface area contributed by atoms with Gasteiger partial charge in [-0.25, -0.2) is 4.98 Å². The maximum absolute atomic E-state index is 12.1. The molecule has 0 spiro atoms. The summed E-state index contributed by atoms with van der Waals surface area (Å²) in [5.74, 6) is 0.726. The minimum Gasteiger partial charge on any atom is -0.347 e. The van der Waals surface area contributed by atoms with Crippen LogP contribution in [0.3, 0.4) is 0 Å². The number of H-pyrrole nitrogens is 1. The lowest BCUT2D eigenvalue weighted by Crippen LogP contribution is -2.11. The molecular formula is C11H15F3N2S. The van der Waals surface area contributed by atoms with Gasteiger partial charge in [-0.1, -0.05) is 26.1 Å². The van der Waals surface area contributed by atoms with Crippen molar-refractivity contribution >= 4 is 12.2 Å². The van der Waals surface area contributed by atoms with Crippen LogP contribution in [0.1, 0.15) is 31.8 Å². The van der Waals surface area contributed by atoms with Crippen molar-refractivity contribution in [1.82, 2.24) is 9.97 Å². The summed E-state index contributed by atoms with van der Waals surface area (Å²) in [5.41, 5.74) is 0.845. The van der Waals surface area contributed by atoms with E-state index in [1.54, 1.807) is 6.07 Å². The highest BCUT2D eigenvalue weighted by atomic mass is 32.1. The molecular weight excluding hydrogens is 249 g/mol. The van der Waals surface area contributed by atoms with Crippen LogP contribution in [-0.4, -0.2) is 16.1 Å². The normalized spacial score (nSPS) is 12.1. The molecule has 0 amide bonds. The molecule has 1 aromatic rings. The van der Waals surface area contributed by atoms with E-state index in [0.29, 0.717) is 16.4 Å². The van der Waals surface area contributed by atoms with Crippen molar-refractivity contribution < 1.29 is 13.2 Å². The second-order valence-corrected chi connectivity index (χ2v) is 4.82. The molecule has 6 heteroatoms. The Balaban J connectivity index is 2.79. The number of aromatic nitrogens is 2. The van der Waals surface area contributed by atoms with Crippen molar-refractivity contribution in [2.75, 3.05) is 0 Å². The highest BCUT2D eigenvalue weighted by Crippen LogP contribution is 2.21. The van der Waals surface area contributed by atoms with E-state index in [0.717, 1.165) is 12.1 Å². The zero-order chi connectivity index (χ0) is 13.1. The van der Waals surface area contributed by atoms with E-state index in [9.17, 15) is 13.2 Å². The highest BCUT2D eigenvalue weighted by Gasteiger charge is 2.26. The van der Waals surface area contributed by atoms with Gasteiger partial charge in [0.1, 0.15) is 10.5 Å². The Bertz CT molecular complexity index is 423. The van der Waals surface area contributed by atoms with Crippen molar-refractivity contribution in [2.45, 2.75) is 39.3 Å². The Kier molecular flexibility index (Phi) is 4.68. The number of nitrogens with one attached hydrogen (secondary N) is 1. The molecule has 1 aromatic heterocycles. The Labute approximate surface area is 103 Å². The summed E-state index contributed by atoms with van der Waals surface area (Å²) >= 11 is 4.94. The molecule has 17 heavy (non-hydrogen) atoms. The summed E-state index contributed by atoms with van der Waals surface area (Å²) in [5, 5.41) is 0. The Morgan fingerprint density at radius 1 is 1.41 bits per heavy atom. The van der Waals surface area contributed by atoms with Crippen LogP contribution in [0.2, 0.25) is 0 Å². The molecule has 0 saturated heterocycles. The number of aryl methyl sites for hydroxylation is 1. The van der Waals surface area contributed by atoms with Crippen molar-refractivity contribution in [3.05, 3.63) is 22.2 Å². The van der Waals surface area contributed by atoms with Gasteiger partial charge in [-0.15, -0.1) is 0 Å². The number of hydrogen-bond acceptors (Lipinski definition) is 2. The molecule has 2 nitrogen and oxygen atoms in total. The average Bonchev–Trinajstić information content (AvgIpc) is 2.11. The average molecular weight is 264 g/mol. The third kappa shape index (κ3) is 5.81. The molecule has 1 N–H and O–H groups in total. The number of hydrogen-bond donors (Lipinski definition) is 1. The van der Waals surface area contributed by atoms with Crippen LogP contribution >= 0.6 is 12.2 Å². The first-order valence-electron chi connectivity index (χ1n) is 5.42. The number of halogens is 3.